The smallest absolute Gasteiger partial charge is 0.0992 e. The summed E-state index contributed by atoms with van der Waals surface area (Å²) in [7, 11) is 0. The van der Waals surface area contributed by atoms with E-state index in [0.717, 1.165) is 23.1 Å². The van der Waals surface area contributed by atoms with E-state index >= 15 is 0 Å². The van der Waals surface area contributed by atoms with Gasteiger partial charge in [0.2, 0.25) is 0 Å². The van der Waals surface area contributed by atoms with Crippen molar-refractivity contribution in [3.63, 3.8) is 0 Å². The van der Waals surface area contributed by atoms with Crippen molar-refractivity contribution in [2.45, 2.75) is 52.5 Å². The number of hydrogen-bond donors (Lipinski definition) is 1. The van der Waals surface area contributed by atoms with Gasteiger partial charge in [-0.3, -0.25) is 0 Å². The van der Waals surface area contributed by atoms with Crippen molar-refractivity contribution >= 4 is 5.69 Å². The Hall–Kier alpha value is -1.49. The topological polar surface area (TPSA) is 35.8 Å². The zero-order chi connectivity index (χ0) is 13.8. The molecule has 0 amide bonds. The number of aryl methyl sites for hydroxylation is 1. The lowest BCUT2D eigenvalue weighted by Crippen LogP contribution is -2.28. The highest BCUT2D eigenvalue weighted by molar-refractivity contribution is 5.55. The van der Waals surface area contributed by atoms with Gasteiger partial charge in [-0.2, -0.15) is 5.26 Å². The van der Waals surface area contributed by atoms with Crippen molar-refractivity contribution in [3.05, 3.63) is 29.3 Å². The summed E-state index contributed by atoms with van der Waals surface area (Å²) in [5.74, 6) is 1.70. The zero-order valence-corrected chi connectivity index (χ0v) is 12.2. The molecule has 2 nitrogen and oxygen atoms in total. The molecule has 1 N–H and O–H groups in total. The van der Waals surface area contributed by atoms with Crippen LogP contribution in [0.5, 0.6) is 0 Å². The molecule has 1 aliphatic rings. The highest BCUT2D eigenvalue weighted by Gasteiger charge is 2.23. The average molecular weight is 256 g/mol. The molecule has 1 saturated carbocycles. The molecule has 102 valence electrons. The van der Waals surface area contributed by atoms with Crippen LogP contribution in [0.15, 0.2) is 18.2 Å². The predicted octanol–water partition coefficient (Wildman–Crippen LogP) is 4.49. The van der Waals surface area contributed by atoms with Gasteiger partial charge in [-0.05, 0) is 62.1 Å². The Kier molecular flexibility index (Phi) is 4.47. The van der Waals surface area contributed by atoms with Crippen LogP contribution in [-0.2, 0) is 0 Å². The number of rotatable bonds is 3. The van der Waals surface area contributed by atoms with E-state index < -0.39 is 0 Å². The van der Waals surface area contributed by atoms with Crippen LogP contribution in [0.1, 0.15) is 50.7 Å². The number of nitrogens with zero attached hydrogens (tertiary/aromatic N) is 1. The Labute approximate surface area is 116 Å². The molecule has 2 rings (SSSR count). The SMILES string of the molecule is Cc1ccc(C#N)cc1NC1CCC(C(C)C)CC1. The maximum atomic E-state index is 8.98. The van der Waals surface area contributed by atoms with Crippen LogP contribution in [0.4, 0.5) is 5.69 Å². The summed E-state index contributed by atoms with van der Waals surface area (Å²) in [6.07, 6.45) is 5.15. The van der Waals surface area contributed by atoms with Gasteiger partial charge >= 0.3 is 0 Å². The minimum atomic E-state index is 0.572. The van der Waals surface area contributed by atoms with Gasteiger partial charge in [0.1, 0.15) is 0 Å². The molecule has 0 radical (unpaired) electrons. The van der Waals surface area contributed by atoms with E-state index in [-0.39, 0.29) is 0 Å². The molecular weight excluding hydrogens is 232 g/mol. The van der Waals surface area contributed by atoms with E-state index in [4.69, 9.17) is 5.26 Å². The van der Waals surface area contributed by atoms with Crippen molar-refractivity contribution in [3.8, 4) is 6.07 Å². The number of nitrogens with one attached hydrogen (secondary N) is 1. The molecule has 1 aromatic carbocycles. The first kappa shape index (κ1) is 13.9. The molecule has 0 unspecified atom stereocenters. The van der Waals surface area contributed by atoms with Crippen LogP contribution in [-0.4, -0.2) is 6.04 Å². The van der Waals surface area contributed by atoms with E-state index in [9.17, 15) is 0 Å². The van der Waals surface area contributed by atoms with Crippen LogP contribution in [0, 0.1) is 30.1 Å². The van der Waals surface area contributed by atoms with Gasteiger partial charge in [0.15, 0.2) is 0 Å². The average Bonchev–Trinajstić information content (AvgIpc) is 2.42. The second kappa shape index (κ2) is 6.10. The van der Waals surface area contributed by atoms with Gasteiger partial charge in [0, 0.05) is 11.7 Å². The summed E-state index contributed by atoms with van der Waals surface area (Å²) in [5, 5.41) is 12.6. The van der Waals surface area contributed by atoms with Gasteiger partial charge in [0.05, 0.1) is 11.6 Å². The summed E-state index contributed by atoms with van der Waals surface area (Å²) < 4.78 is 0. The maximum absolute atomic E-state index is 8.98. The maximum Gasteiger partial charge on any atom is 0.0992 e. The molecule has 0 saturated heterocycles. The number of anilines is 1. The number of nitriles is 1. The van der Waals surface area contributed by atoms with Crippen molar-refractivity contribution in [1.29, 1.82) is 5.26 Å². The third-order valence-corrected chi connectivity index (χ3v) is 4.44. The highest BCUT2D eigenvalue weighted by Crippen LogP contribution is 2.31. The van der Waals surface area contributed by atoms with E-state index in [0.29, 0.717) is 6.04 Å². The lowest BCUT2D eigenvalue weighted by atomic mass is 9.79. The molecule has 1 aliphatic carbocycles. The molecule has 0 spiro atoms. The predicted molar refractivity (Wildman–Crippen MR) is 80.1 cm³/mol. The van der Waals surface area contributed by atoms with E-state index in [2.05, 4.69) is 32.2 Å². The van der Waals surface area contributed by atoms with Gasteiger partial charge in [-0.1, -0.05) is 19.9 Å². The first-order chi connectivity index (χ1) is 9.10. The summed E-state index contributed by atoms with van der Waals surface area (Å²) in [6, 6.07) is 8.68. The summed E-state index contributed by atoms with van der Waals surface area (Å²) in [5.41, 5.74) is 3.10. The summed E-state index contributed by atoms with van der Waals surface area (Å²) in [6.45, 7) is 6.77. The highest BCUT2D eigenvalue weighted by atomic mass is 14.9. The Morgan fingerprint density at radius 3 is 2.47 bits per heavy atom. The minimum absolute atomic E-state index is 0.572. The Bertz CT molecular complexity index is 463. The van der Waals surface area contributed by atoms with Gasteiger partial charge in [-0.15, -0.1) is 0 Å². The standard InChI is InChI=1S/C17H24N2/c1-12(2)15-6-8-16(9-7-15)19-17-10-14(11-18)5-4-13(17)3/h4-5,10,12,15-16,19H,6-9H2,1-3H3. The van der Waals surface area contributed by atoms with Crippen LogP contribution >= 0.6 is 0 Å². The van der Waals surface area contributed by atoms with Crippen LogP contribution < -0.4 is 5.32 Å². The third-order valence-electron chi connectivity index (χ3n) is 4.44. The van der Waals surface area contributed by atoms with Crippen LogP contribution in [0.3, 0.4) is 0 Å². The first-order valence-corrected chi connectivity index (χ1v) is 7.37. The number of hydrogen-bond acceptors (Lipinski definition) is 2. The van der Waals surface area contributed by atoms with Gasteiger partial charge in [0.25, 0.3) is 0 Å². The Morgan fingerprint density at radius 2 is 1.89 bits per heavy atom. The summed E-state index contributed by atoms with van der Waals surface area (Å²) >= 11 is 0. The van der Waals surface area contributed by atoms with Crippen molar-refractivity contribution in [2.24, 2.45) is 11.8 Å². The quantitative estimate of drug-likeness (QED) is 0.864. The second-order valence-corrected chi connectivity index (χ2v) is 6.14. The Morgan fingerprint density at radius 1 is 1.21 bits per heavy atom. The monoisotopic (exact) mass is 256 g/mol. The van der Waals surface area contributed by atoms with Gasteiger partial charge in [-0.25, -0.2) is 0 Å². The molecule has 19 heavy (non-hydrogen) atoms. The third kappa shape index (κ3) is 3.50. The summed E-state index contributed by atoms with van der Waals surface area (Å²) in [4.78, 5) is 0. The molecule has 1 fully saturated rings. The molecule has 0 bridgehead atoms. The molecule has 0 heterocycles. The van der Waals surface area contributed by atoms with Crippen molar-refractivity contribution < 1.29 is 0 Å². The Balaban J connectivity index is 1.98. The molecule has 1 aromatic rings. The van der Waals surface area contributed by atoms with Crippen LogP contribution in [0.2, 0.25) is 0 Å². The first-order valence-electron chi connectivity index (χ1n) is 7.37. The van der Waals surface area contributed by atoms with E-state index in [1.54, 1.807) is 0 Å². The van der Waals surface area contributed by atoms with Crippen LogP contribution in [0.25, 0.3) is 0 Å². The fraction of sp³-hybridized carbons (Fsp3) is 0.588. The normalized spacial score (nSPS) is 23.1. The fourth-order valence-electron chi connectivity index (χ4n) is 3.00. The van der Waals surface area contributed by atoms with E-state index in [1.807, 2.05) is 18.2 Å². The molecule has 0 aromatic heterocycles. The largest absolute Gasteiger partial charge is 0.382 e. The van der Waals surface area contributed by atoms with E-state index in [1.165, 1.54) is 31.2 Å². The molecule has 2 heteroatoms. The van der Waals surface area contributed by atoms with Crippen molar-refractivity contribution in [1.82, 2.24) is 0 Å². The second-order valence-electron chi connectivity index (χ2n) is 6.14. The lowest BCUT2D eigenvalue weighted by Gasteiger charge is -2.32. The molecule has 0 aliphatic heterocycles. The lowest BCUT2D eigenvalue weighted by molar-refractivity contribution is 0.267. The number of benzene rings is 1. The fourth-order valence-corrected chi connectivity index (χ4v) is 3.00. The zero-order valence-electron chi connectivity index (χ0n) is 12.2. The molecule has 0 atom stereocenters. The molecular formula is C17H24N2. The van der Waals surface area contributed by atoms with Gasteiger partial charge < -0.3 is 5.32 Å². The minimum Gasteiger partial charge on any atom is -0.382 e. The van der Waals surface area contributed by atoms with Crippen molar-refractivity contribution in [2.75, 3.05) is 5.32 Å².